The number of hydrogen-bond acceptors (Lipinski definition) is 2. The molecular weight excluding hydrogens is 340 g/mol. The second kappa shape index (κ2) is 5.46. The van der Waals surface area contributed by atoms with Crippen LogP contribution in [0.5, 0.6) is 0 Å². The molecule has 1 unspecified atom stereocenters. The van der Waals surface area contributed by atoms with Crippen LogP contribution >= 0.6 is 22.6 Å². The molecule has 0 aromatic heterocycles. The smallest absolute Gasteiger partial charge is 0.144 e. The quantitative estimate of drug-likeness (QED) is 0.456. The van der Waals surface area contributed by atoms with Crippen molar-refractivity contribution in [1.82, 2.24) is 0 Å². The second-order valence-corrected chi connectivity index (χ2v) is 7.48. The van der Waals surface area contributed by atoms with Gasteiger partial charge in [0.05, 0.1) is 6.21 Å². The van der Waals surface area contributed by atoms with Crippen molar-refractivity contribution in [1.29, 1.82) is 0 Å². The van der Waals surface area contributed by atoms with E-state index in [0.717, 1.165) is 3.57 Å². The zero-order valence-corrected chi connectivity index (χ0v) is 12.3. The second-order valence-electron chi connectivity index (χ2n) is 4.30. The summed E-state index contributed by atoms with van der Waals surface area (Å²) in [6.45, 7) is 5.53. The highest BCUT2D eigenvalue weighted by molar-refractivity contribution is 14.1. The van der Waals surface area contributed by atoms with Crippen molar-refractivity contribution in [2.75, 3.05) is 0 Å². The first-order valence-electron chi connectivity index (χ1n) is 4.71. The fourth-order valence-electron chi connectivity index (χ4n) is 0.917. The molecule has 1 rings (SSSR count). The van der Waals surface area contributed by atoms with Gasteiger partial charge < -0.3 is 4.55 Å². The zero-order valence-electron chi connectivity index (χ0n) is 9.33. The summed E-state index contributed by atoms with van der Waals surface area (Å²) in [5, 5.41) is 0. The van der Waals surface area contributed by atoms with Crippen LogP contribution in [0.15, 0.2) is 22.6 Å². The Bertz CT molecular complexity index is 383. The highest BCUT2D eigenvalue weighted by Crippen LogP contribution is 2.17. The van der Waals surface area contributed by atoms with Crippen molar-refractivity contribution in [2.45, 2.75) is 25.5 Å². The molecule has 0 aliphatic rings. The van der Waals surface area contributed by atoms with E-state index in [4.69, 9.17) is 0 Å². The molecule has 0 aliphatic heterocycles. The summed E-state index contributed by atoms with van der Waals surface area (Å²) in [5.41, 5.74) is 0.627. The molecule has 0 saturated carbocycles. The molecule has 0 heterocycles. The van der Waals surface area contributed by atoms with Crippen molar-refractivity contribution in [3.05, 3.63) is 33.1 Å². The maximum absolute atomic E-state index is 13.0. The first-order chi connectivity index (χ1) is 7.29. The number of benzene rings is 1. The van der Waals surface area contributed by atoms with Gasteiger partial charge in [-0.2, -0.15) is 0 Å². The van der Waals surface area contributed by atoms with Crippen molar-refractivity contribution >= 4 is 40.2 Å². The summed E-state index contributed by atoms with van der Waals surface area (Å²) in [6, 6.07) is 4.58. The SMILES string of the molecule is CC(C)(C)[S+]([O-])N=Cc1cc(F)cc(I)c1. The molecule has 1 atom stereocenters. The molecule has 0 spiro atoms. The van der Waals surface area contributed by atoms with Gasteiger partial charge in [0.25, 0.3) is 0 Å². The van der Waals surface area contributed by atoms with Gasteiger partial charge in [-0.25, -0.2) is 4.39 Å². The van der Waals surface area contributed by atoms with Crippen LogP contribution in [-0.4, -0.2) is 15.5 Å². The summed E-state index contributed by atoms with van der Waals surface area (Å²) in [4.78, 5) is 0. The maximum atomic E-state index is 13.0. The molecule has 1 aromatic rings. The van der Waals surface area contributed by atoms with E-state index in [2.05, 4.69) is 4.40 Å². The summed E-state index contributed by atoms with van der Waals surface area (Å²) in [5.74, 6) is -0.310. The van der Waals surface area contributed by atoms with E-state index in [1.165, 1.54) is 18.3 Å². The first-order valence-corrected chi connectivity index (χ1v) is 6.90. The van der Waals surface area contributed by atoms with Crippen LogP contribution in [0.4, 0.5) is 4.39 Å². The van der Waals surface area contributed by atoms with Crippen LogP contribution in [0.3, 0.4) is 0 Å². The van der Waals surface area contributed by atoms with E-state index in [-0.39, 0.29) is 5.82 Å². The molecule has 0 fully saturated rings. The highest BCUT2D eigenvalue weighted by atomic mass is 127. The largest absolute Gasteiger partial charge is 0.591 e. The molecule has 5 heteroatoms. The Morgan fingerprint density at radius 1 is 1.38 bits per heavy atom. The van der Waals surface area contributed by atoms with Crippen LogP contribution < -0.4 is 0 Å². The molecule has 0 bridgehead atoms. The van der Waals surface area contributed by atoms with Crippen LogP contribution in [0, 0.1) is 9.39 Å². The number of hydrogen-bond donors (Lipinski definition) is 0. The normalized spacial score (nSPS) is 14.4. The predicted octanol–water partition coefficient (Wildman–Crippen LogP) is 3.31. The van der Waals surface area contributed by atoms with Crippen LogP contribution in [0.25, 0.3) is 0 Å². The fourth-order valence-corrected chi connectivity index (χ4v) is 2.11. The Hall–Kier alpha value is -0.140. The molecule has 0 N–H and O–H groups in total. The molecule has 88 valence electrons. The summed E-state index contributed by atoms with van der Waals surface area (Å²) < 4.78 is 29.0. The number of rotatable bonds is 2. The van der Waals surface area contributed by atoms with Gasteiger partial charge >= 0.3 is 0 Å². The van der Waals surface area contributed by atoms with Gasteiger partial charge in [-0.05, 0) is 61.6 Å². The standard InChI is InChI=1S/C11H13FINOS/c1-11(2,3)16(15)14-7-8-4-9(12)6-10(13)5-8/h4-7H,1-3H3. The van der Waals surface area contributed by atoms with Crippen molar-refractivity contribution in [3.63, 3.8) is 0 Å². The van der Waals surface area contributed by atoms with E-state index in [9.17, 15) is 8.94 Å². The third-order valence-corrected chi connectivity index (χ3v) is 3.67. The van der Waals surface area contributed by atoms with Gasteiger partial charge in [0.15, 0.2) is 0 Å². The minimum Gasteiger partial charge on any atom is -0.591 e. The lowest BCUT2D eigenvalue weighted by Gasteiger charge is -2.17. The van der Waals surface area contributed by atoms with E-state index in [1.54, 1.807) is 6.07 Å². The predicted molar refractivity (Wildman–Crippen MR) is 74.6 cm³/mol. The Labute approximate surface area is 112 Å². The van der Waals surface area contributed by atoms with Gasteiger partial charge in [0, 0.05) is 9.13 Å². The molecule has 2 nitrogen and oxygen atoms in total. The maximum Gasteiger partial charge on any atom is 0.144 e. The lowest BCUT2D eigenvalue weighted by atomic mass is 10.2. The lowest BCUT2D eigenvalue weighted by molar-refractivity contribution is 0.562. The molecule has 0 amide bonds. The van der Waals surface area contributed by atoms with Crippen LogP contribution in [0.2, 0.25) is 0 Å². The number of halogens is 2. The Kier molecular flexibility index (Phi) is 4.75. The van der Waals surface area contributed by atoms with Gasteiger partial charge in [0.2, 0.25) is 0 Å². The van der Waals surface area contributed by atoms with Crippen molar-refractivity contribution in [3.8, 4) is 0 Å². The monoisotopic (exact) mass is 353 g/mol. The van der Waals surface area contributed by atoms with Crippen molar-refractivity contribution < 1.29 is 8.94 Å². The Balaban J connectivity index is 2.84. The van der Waals surface area contributed by atoms with E-state index < -0.39 is 16.1 Å². The summed E-state index contributed by atoms with van der Waals surface area (Å²) in [6.07, 6.45) is 1.45. The Morgan fingerprint density at radius 3 is 2.50 bits per heavy atom. The first kappa shape index (κ1) is 13.9. The van der Waals surface area contributed by atoms with E-state index in [0.29, 0.717) is 5.56 Å². The van der Waals surface area contributed by atoms with E-state index in [1.807, 2.05) is 43.4 Å². The molecular formula is C11H13FINOS. The van der Waals surface area contributed by atoms with E-state index >= 15 is 0 Å². The van der Waals surface area contributed by atoms with Crippen LogP contribution in [-0.2, 0) is 11.4 Å². The molecule has 0 radical (unpaired) electrons. The topological polar surface area (TPSA) is 35.4 Å². The van der Waals surface area contributed by atoms with Gasteiger partial charge in [-0.15, -0.1) is 0 Å². The minimum atomic E-state index is -1.31. The molecule has 0 saturated heterocycles. The molecule has 0 aliphatic carbocycles. The Morgan fingerprint density at radius 2 is 2.00 bits per heavy atom. The summed E-state index contributed by atoms with van der Waals surface area (Å²) in [7, 11) is 0. The highest BCUT2D eigenvalue weighted by Gasteiger charge is 2.25. The fraction of sp³-hybridized carbons (Fsp3) is 0.364. The molecule has 16 heavy (non-hydrogen) atoms. The average Bonchev–Trinajstić information content (AvgIpc) is 2.11. The zero-order chi connectivity index (χ0) is 12.3. The molecule has 1 aromatic carbocycles. The third kappa shape index (κ3) is 4.39. The lowest BCUT2D eigenvalue weighted by Crippen LogP contribution is -2.25. The average molecular weight is 353 g/mol. The van der Waals surface area contributed by atoms with Gasteiger partial charge in [-0.3, -0.25) is 0 Å². The summed E-state index contributed by atoms with van der Waals surface area (Å²) >= 11 is 0.720. The van der Waals surface area contributed by atoms with Crippen molar-refractivity contribution in [2.24, 2.45) is 4.40 Å². The number of nitrogens with zero attached hydrogens (tertiary/aromatic N) is 1. The van der Waals surface area contributed by atoms with Gasteiger partial charge in [0.1, 0.15) is 21.9 Å². The minimum absolute atomic E-state index is 0.310. The van der Waals surface area contributed by atoms with Gasteiger partial charge in [-0.1, -0.05) is 4.40 Å². The third-order valence-electron chi connectivity index (χ3n) is 1.71. The van der Waals surface area contributed by atoms with Crippen LogP contribution in [0.1, 0.15) is 26.3 Å².